The lowest BCUT2D eigenvalue weighted by atomic mass is 9.65. The number of aromatic nitrogens is 1. The van der Waals surface area contributed by atoms with Crippen molar-refractivity contribution in [2.45, 2.75) is 45.6 Å². The van der Waals surface area contributed by atoms with Gasteiger partial charge in [-0.05, 0) is 56.1 Å². The van der Waals surface area contributed by atoms with Gasteiger partial charge >= 0.3 is 0 Å². The van der Waals surface area contributed by atoms with Gasteiger partial charge < -0.3 is 10.1 Å². The summed E-state index contributed by atoms with van der Waals surface area (Å²) in [6.07, 6.45) is 7.04. The first kappa shape index (κ1) is 17.8. The summed E-state index contributed by atoms with van der Waals surface area (Å²) in [6.45, 7) is 5.34. The molecule has 1 aromatic rings. The molecule has 26 heavy (non-hydrogen) atoms. The third-order valence-electron chi connectivity index (χ3n) is 6.70. The van der Waals surface area contributed by atoms with Crippen LogP contribution in [0.3, 0.4) is 0 Å². The van der Waals surface area contributed by atoms with E-state index in [0.29, 0.717) is 0 Å². The quantitative estimate of drug-likeness (QED) is 0.851. The highest BCUT2D eigenvalue weighted by atomic mass is 16.5. The zero-order valence-corrected chi connectivity index (χ0v) is 16.0. The maximum atomic E-state index is 11.6. The number of aryl methyl sites for hydroxylation is 1. The SMILES string of the molecule is CNC(=O)C1CN(Cc2ccc(OCC3CC4CCC3CC4)c(C)n2)C1. The maximum Gasteiger partial charge on any atom is 0.225 e. The molecule has 1 aromatic heterocycles. The summed E-state index contributed by atoms with van der Waals surface area (Å²) in [6, 6.07) is 4.15. The molecule has 2 heterocycles. The fourth-order valence-electron chi connectivity index (χ4n) is 5.06. The van der Waals surface area contributed by atoms with E-state index < -0.39 is 0 Å². The largest absolute Gasteiger partial charge is 0.491 e. The van der Waals surface area contributed by atoms with Gasteiger partial charge in [0.15, 0.2) is 0 Å². The molecule has 4 fully saturated rings. The van der Waals surface area contributed by atoms with E-state index in [1.807, 2.05) is 6.92 Å². The van der Waals surface area contributed by atoms with E-state index in [1.165, 1.54) is 32.1 Å². The fraction of sp³-hybridized carbons (Fsp3) is 0.714. The molecule has 1 amide bonds. The van der Waals surface area contributed by atoms with Crippen LogP contribution in [0, 0.1) is 30.6 Å². The Labute approximate surface area is 156 Å². The number of carbonyl (C=O) groups excluding carboxylic acids is 1. The topological polar surface area (TPSA) is 54.5 Å². The zero-order chi connectivity index (χ0) is 18.1. The van der Waals surface area contributed by atoms with Gasteiger partial charge in [0.05, 0.1) is 23.9 Å². The van der Waals surface area contributed by atoms with Crippen LogP contribution in [0.25, 0.3) is 0 Å². The number of pyridine rings is 1. The van der Waals surface area contributed by atoms with Crippen molar-refractivity contribution in [2.75, 3.05) is 26.7 Å². The molecular weight excluding hydrogens is 326 g/mol. The smallest absolute Gasteiger partial charge is 0.225 e. The molecular formula is C21H31N3O2. The molecule has 1 unspecified atom stereocenters. The van der Waals surface area contributed by atoms with Gasteiger partial charge in [0.2, 0.25) is 5.91 Å². The molecule has 4 aliphatic rings. The van der Waals surface area contributed by atoms with Gasteiger partial charge in [0.1, 0.15) is 5.75 Å². The Balaban J connectivity index is 1.27. The molecule has 1 aliphatic heterocycles. The lowest BCUT2D eigenvalue weighted by molar-refractivity contribution is -0.129. The number of amides is 1. The van der Waals surface area contributed by atoms with Crippen molar-refractivity contribution < 1.29 is 9.53 Å². The number of hydrogen-bond donors (Lipinski definition) is 1. The molecule has 1 saturated heterocycles. The molecule has 5 nitrogen and oxygen atoms in total. The molecule has 2 bridgehead atoms. The Bertz CT molecular complexity index is 649. The van der Waals surface area contributed by atoms with Gasteiger partial charge in [0, 0.05) is 26.7 Å². The minimum Gasteiger partial charge on any atom is -0.491 e. The lowest BCUT2D eigenvalue weighted by Crippen LogP contribution is -2.52. The van der Waals surface area contributed by atoms with E-state index in [4.69, 9.17) is 9.72 Å². The van der Waals surface area contributed by atoms with Crippen molar-refractivity contribution in [1.29, 1.82) is 0 Å². The summed E-state index contributed by atoms with van der Waals surface area (Å²) in [5.74, 6) is 3.78. The van der Waals surface area contributed by atoms with Crippen LogP contribution >= 0.6 is 0 Å². The minimum atomic E-state index is 0.134. The molecule has 3 aliphatic carbocycles. The molecule has 3 saturated carbocycles. The Morgan fingerprint density at radius 1 is 1.27 bits per heavy atom. The highest BCUT2D eigenvalue weighted by Crippen LogP contribution is 2.45. The Hall–Kier alpha value is -1.62. The molecule has 0 aromatic carbocycles. The average molecular weight is 357 g/mol. The molecule has 0 spiro atoms. The van der Waals surface area contributed by atoms with Crippen molar-refractivity contribution in [3.8, 4) is 5.75 Å². The molecule has 1 N–H and O–H groups in total. The summed E-state index contributed by atoms with van der Waals surface area (Å²) in [5, 5.41) is 2.72. The molecule has 1 atom stereocenters. The van der Waals surface area contributed by atoms with Crippen LogP contribution < -0.4 is 10.1 Å². The van der Waals surface area contributed by atoms with Crippen LogP contribution in [-0.2, 0) is 11.3 Å². The summed E-state index contributed by atoms with van der Waals surface area (Å²) in [4.78, 5) is 18.6. The molecule has 5 heteroatoms. The summed E-state index contributed by atoms with van der Waals surface area (Å²) < 4.78 is 6.16. The predicted octanol–water partition coefficient (Wildman–Crippen LogP) is 2.77. The van der Waals surface area contributed by atoms with E-state index in [-0.39, 0.29) is 11.8 Å². The zero-order valence-electron chi connectivity index (χ0n) is 16.0. The van der Waals surface area contributed by atoms with Gasteiger partial charge in [-0.25, -0.2) is 0 Å². The normalized spacial score (nSPS) is 28.6. The molecule has 5 rings (SSSR count). The van der Waals surface area contributed by atoms with Crippen LogP contribution in [-0.4, -0.2) is 42.5 Å². The number of hydrogen-bond acceptors (Lipinski definition) is 4. The highest BCUT2D eigenvalue weighted by molar-refractivity contribution is 5.79. The van der Waals surface area contributed by atoms with Gasteiger partial charge in [-0.3, -0.25) is 14.7 Å². The van der Waals surface area contributed by atoms with Gasteiger partial charge in [0.25, 0.3) is 0 Å². The predicted molar refractivity (Wildman–Crippen MR) is 101 cm³/mol. The van der Waals surface area contributed by atoms with E-state index in [2.05, 4.69) is 22.3 Å². The van der Waals surface area contributed by atoms with Crippen molar-refractivity contribution >= 4 is 5.91 Å². The van der Waals surface area contributed by atoms with Crippen molar-refractivity contribution in [2.24, 2.45) is 23.7 Å². The number of fused-ring (bicyclic) bond motifs is 3. The van der Waals surface area contributed by atoms with Gasteiger partial charge in [-0.2, -0.15) is 0 Å². The fourth-order valence-corrected chi connectivity index (χ4v) is 5.06. The van der Waals surface area contributed by atoms with Crippen LogP contribution in [0.1, 0.15) is 43.5 Å². The van der Waals surface area contributed by atoms with E-state index in [0.717, 1.165) is 61.1 Å². The Kier molecular flexibility index (Phi) is 5.16. The second-order valence-corrected chi connectivity index (χ2v) is 8.48. The van der Waals surface area contributed by atoms with Crippen LogP contribution in [0.15, 0.2) is 12.1 Å². The Morgan fingerprint density at radius 3 is 2.65 bits per heavy atom. The first-order chi connectivity index (χ1) is 12.6. The van der Waals surface area contributed by atoms with Crippen LogP contribution in [0.2, 0.25) is 0 Å². The first-order valence-corrected chi connectivity index (χ1v) is 10.2. The number of nitrogens with one attached hydrogen (secondary N) is 1. The first-order valence-electron chi connectivity index (χ1n) is 10.2. The molecule has 142 valence electrons. The summed E-state index contributed by atoms with van der Waals surface area (Å²) in [7, 11) is 1.70. The second-order valence-electron chi connectivity index (χ2n) is 8.48. The number of rotatable bonds is 6. The second kappa shape index (κ2) is 7.55. The van der Waals surface area contributed by atoms with Crippen molar-refractivity contribution in [3.05, 3.63) is 23.5 Å². The van der Waals surface area contributed by atoms with Gasteiger partial charge in [-0.1, -0.05) is 12.8 Å². The third kappa shape index (κ3) is 3.73. The number of nitrogens with zero attached hydrogens (tertiary/aromatic N) is 2. The maximum absolute atomic E-state index is 11.6. The standard InChI is InChI=1S/C21H31N3O2/c1-14-20(26-13-17-9-15-3-5-16(17)6-4-15)8-7-19(23-14)12-24-10-18(11-24)21(25)22-2/h7-8,15-18H,3-6,9-13H2,1-2H3,(H,22,25). The van der Waals surface area contributed by atoms with Gasteiger partial charge in [-0.15, -0.1) is 0 Å². The number of carbonyl (C=O) groups is 1. The van der Waals surface area contributed by atoms with E-state index >= 15 is 0 Å². The van der Waals surface area contributed by atoms with Crippen molar-refractivity contribution in [1.82, 2.24) is 15.2 Å². The number of likely N-dealkylation sites (tertiary alicyclic amines) is 1. The highest BCUT2D eigenvalue weighted by Gasteiger charge is 2.36. The van der Waals surface area contributed by atoms with Crippen molar-refractivity contribution in [3.63, 3.8) is 0 Å². The van der Waals surface area contributed by atoms with E-state index in [1.54, 1.807) is 7.05 Å². The summed E-state index contributed by atoms with van der Waals surface area (Å²) >= 11 is 0. The third-order valence-corrected chi connectivity index (χ3v) is 6.70. The molecule has 0 radical (unpaired) electrons. The van der Waals surface area contributed by atoms with Crippen LogP contribution in [0.4, 0.5) is 0 Å². The number of ether oxygens (including phenoxy) is 1. The summed E-state index contributed by atoms with van der Waals surface area (Å²) in [5.41, 5.74) is 2.04. The average Bonchev–Trinajstić information content (AvgIpc) is 2.64. The monoisotopic (exact) mass is 357 g/mol. The van der Waals surface area contributed by atoms with Crippen LogP contribution in [0.5, 0.6) is 5.75 Å². The minimum absolute atomic E-state index is 0.134. The Morgan fingerprint density at radius 2 is 2.04 bits per heavy atom. The lowest BCUT2D eigenvalue weighted by Gasteiger charge is -2.42. The van der Waals surface area contributed by atoms with E-state index in [9.17, 15) is 4.79 Å².